The normalized spacial score (nSPS) is 11.0. The molecule has 33 heavy (non-hydrogen) atoms. The topological polar surface area (TPSA) is 90.3 Å². The van der Waals surface area contributed by atoms with Gasteiger partial charge in [0.15, 0.2) is 5.16 Å². The van der Waals surface area contributed by atoms with E-state index >= 15 is 0 Å². The van der Waals surface area contributed by atoms with Crippen LogP contribution in [-0.2, 0) is 16.1 Å². The molecule has 0 fully saturated rings. The molecule has 1 N–H and O–H groups in total. The molecule has 0 unspecified atom stereocenters. The highest BCUT2D eigenvalue weighted by Crippen LogP contribution is 2.30. The Labute approximate surface area is 205 Å². The highest BCUT2D eigenvalue weighted by atomic mass is 35.5. The molecule has 0 bridgehead atoms. The van der Waals surface area contributed by atoms with Gasteiger partial charge in [-0.05, 0) is 37.5 Å². The van der Waals surface area contributed by atoms with Gasteiger partial charge in [-0.25, -0.2) is 9.78 Å². The molecule has 0 saturated heterocycles. The molecule has 2 aromatic heterocycles. The van der Waals surface area contributed by atoms with Crippen LogP contribution in [0.3, 0.4) is 0 Å². The SMILES string of the molecule is CCCCNC(=O)CSc1nc2sc(C(=O)OCC)c(C)c2c(=O)n1Cc1ccccc1Cl. The lowest BCUT2D eigenvalue weighted by atomic mass is 10.2. The summed E-state index contributed by atoms with van der Waals surface area (Å²) in [4.78, 5) is 43.7. The van der Waals surface area contributed by atoms with Gasteiger partial charge in [0.1, 0.15) is 9.71 Å². The van der Waals surface area contributed by atoms with Gasteiger partial charge in [0.05, 0.1) is 24.3 Å². The molecule has 10 heteroatoms. The number of unbranched alkanes of at least 4 members (excludes halogenated alkanes) is 1. The molecule has 176 valence electrons. The maximum Gasteiger partial charge on any atom is 0.348 e. The molecule has 0 aliphatic rings. The molecule has 1 amide bonds. The molecule has 0 atom stereocenters. The Kier molecular flexibility index (Phi) is 8.94. The minimum absolute atomic E-state index is 0.123. The Balaban J connectivity index is 2.04. The van der Waals surface area contributed by atoms with E-state index in [1.165, 1.54) is 16.3 Å². The van der Waals surface area contributed by atoms with Crippen molar-refractivity contribution in [2.24, 2.45) is 0 Å². The molecule has 0 saturated carbocycles. The molecule has 0 spiro atoms. The maximum atomic E-state index is 13.6. The third kappa shape index (κ3) is 5.96. The first-order valence-corrected chi connectivity index (χ1v) is 12.9. The number of esters is 1. The van der Waals surface area contributed by atoms with Crippen molar-refractivity contribution in [1.29, 1.82) is 0 Å². The summed E-state index contributed by atoms with van der Waals surface area (Å²) in [6.07, 6.45) is 1.90. The molecule has 1 aromatic carbocycles. The van der Waals surface area contributed by atoms with E-state index in [0.29, 0.717) is 37.4 Å². The monoisotopic (exact) mass is 507 g/mol. The lowest BCUT2D eigenvalue weighted by Crippen LogP contribution is -2.28. The van der Waals surface area contributed by atoms with Gasteiger partial charge in [0.2, 0.25) is 5.91 Å². The summed E-state index contributed by atoms with van der Waals surface area (Å²) in [5.41, 5.74) is 1.03. The quantitative estimate of drug-likeness (QED) is 0.186. The molecule has 3 rings (SSSR count). The number of aromatic nitrogens is 2. The van der Waals surface area contributed by atoms with Gasteiger partial charge < -0.3 is 10.1 Å². The summed E-state index contributed by atoms with van der Waals surface area (Å²) in [5.74, 6) is -0.472. The Morgan fingerprint density at radius 3 is 2.73 bits per heavy atom. The minimum atomic E-state index is -0.473. The van der Waals surface area contributed by atoms with Crippen molar-refractivity contribution < 1.29 is 14.3 Å². The summed E-state index contributed by atoms with van der Waals surface area (Å²) in [6.45, 7) is 6.57. The van der Waals surface area contributed by atoms with E-state index in [4.69, 9.17) is 16.3 Å². The minimum Gasteiger partial charge on any atom is -0.462 e. The lowest BCUT2D eigenvalue weighted by molar-refractivity contribution is -0.118. The number of carbonyl (C=O) groups is 2. The second-order valence-corrected chi connectivity index (χ2v) is 9.67. The number of hydrogen-bond donors (Lipinski definition) is 1. The van der Waals surface area contributed by atoms with Crippen molar-refractivity contribution in [3.8, 4) is 0 Å². The number of nitrogens with one attached hydrogen (secondary N) is 1. The number of carbonyl (C=O) groups excluding carboxylic acids is 2. The van der Waals surface area contributed by atoms with Crippen LogP contribution in [0.1, 0.15) is 47.5 Å². The van der Waals surface area contributed by atoms with Crippen molar-refractivity contribution in [1.82, 2.24) is 14.9 Å². The number of aryl methyl sites for hydroxylation is 1. The van der Waals surface area contributed by atoms with Crippen LogP contribution >= 0.6 is 34.7 Å². The van der Waals surface area contributed by atoms with Crippen LogP contribution in [0, 0.1) is 6.92 Å². The average molecular weight is 508 g/mol. The average Bonchev–Trinajstić information content (AvgIpc) is 3.12. The summed E-state index contributed by atoms with van der Waals surface area (Å²) < 4.78 is 6.65. The highest BCUT2D eigenvalue weighted by molar-refractivity contribution is 7.99. The molecule has 2 heterocycles. The van der Waals surface area contributed by atoms with E-state index in [0.717, 1.165) is 29.7 Å². The third-order valence-corrected chi connectivity index (χ3v) is 7.46. The summed E-state index contributed by atoms with van der Waals surface area (Å²) in [6, 6.07) is 7.27. The molecule has 0 radical (unpaired) electrons. The number of fused-ring (bicyclic) bond motifs is 1. The van der Waals surface area contributed by atoms with Gasteiger partial charge in [0, 0.05) is 11.6 Å². The third-order valence-electron chi connectivity index (χ3n) is 4.95. The maximum absolute atomic E-state index is 13.6. The van der Waals surface area contributed by atoms with E-state index < -0.39 is 5.97 Å². The van der Waals surface area contributed by atoms with Crippen molar-refractivity contribution in [3.63, 3.8) is 0 Å². The summed E-state index contributed by atoms with van der Waals surface area (Å²) in [5, 5.41) is 4.18. The van der Waals surface area contributed by atoms with Gasteiger partial charge in [-0.2, -0.15) is 0 Å². The fourth-order valence-corrected chi connectivity index (χ4v) is 5.36. The number of thiophene rings is 1. The zero-order valence-electron chi connectivity index (χ0n) is 18.8. The highest BCUT2D eigenvalue weighted by Gasteiger charge is 2.23. The standard InChI is InChI=1S/C23H26ClN3O4S2/c1-4-6-11-25-17(28)13-32-23-26-20-18(14(3)19(33-20)22(30)31-5-2)21(29)27(23)12-15-9-7-8-10-16(15)24/h7-10H,4-6,11-13H2,1-3H3,(H,25,28). The number of halogens is 1. The molecule has 7 nitrogen and oxygen atoms in total. The van der Waals surface area contributed by atoms with Crippen molar-refractivity contribution in [3.05, 3.63) is 55.6 Å². The Bertz CT molecular complexity index is 1220. The zero-order valence-corrected chi connectivity index (χ0v) is 21.2. The Morgan fingerprint density at radius 1 is 1.27 bits per heavy atom. The van der Waals surface area contributed by atoms with E-state index in [2.05, 4.69) is 17.2 Å². The molecule has 3 aromatic rings. The van der Waals surface area contributed by atoms with E-state index in [1.807, 2.05) is 18.2 Å². The molecule has 0 aliphatic carbocycles. The number of nitrogens with zero attached hydrogens (tertiary/aromatic N) is 2. The van der Waals surface area contributed by atoms with Crippen LogP contribution in [0.25, 0.3) is 10.2 Å². The largest absolute Gasteiger partial charge is 0.462 e. The molecular weight excluding hydrogens is 482 g/mol. The summed E-state index contributed by atoms with van der Waals surface area (Å²) >= 11 is 8.66. The van der Waals surface area contributed by atoms with Gasteiger partial charge >= 0.3 is 5.97 Å². The van der Waals surface area contributed by atoms with Gasteiger partial charge in [-0.1, -0.05) is 54.9 Å². The fraction of sp³-hybridized carbons (Fsp3) is 0.391. The predicted molar refractivity (Wildman–Crippen MR) is 134 cm³/mol. The number of thioether (sulfide) groups is 1. The zero-order chi connectivity index (χ0) is 24.0. The van der Waals surface area contributed by atoms with Crippen LogP contribution in [0.15, 0.2) is 34.2 Å². The van der Waals surface area contributed by atoms with Crippen LogP contribution in [-0.4, -0.2) is 40.3 Å². The van der Waals surface area contributed by atoms with E-state index in [9.17, 15) is 14.4 Å². The Hall–Kier alpha value is -2.36. The number of hydrogen-bond acceptors (Lipinski definition) is 7. The lowest BCUT2D eigenvalue weighted by Gasteiger charge is -2.13. The smallest absolute Gasteiger partial charge is 0.348 e. The van der Waals surface area contributed by atoms with Gasteiger partial charge in [-0.15, -0.1) is 11.3 Å². The van der Waals surface area contributed by atoms with Crippen molar-refractivity contribution >= 4 is 56.8 Å². The first-order valence-electron chi connectivity index (χ1n) is 10.7. The number of rotatable bonds is 10. The number of benzene rings is 1. The van der Waals surface area contributed by atoms with Gasteiger partial charge in [0.25, 0.3) is 5.56 Å². The van der Waals surface area contributed by atoms with Crippen molar-refractivity contribution in [2.75, 3.05) is 18.9 Å². The van der Waals surface area contributed by atoms with Crippen LogP contribution in [0.4, 0.5) is 0 Å². The second-order valence-electron chi connectivity index (χ2n) is 7.33. The first-order chi connectivity index (χ1) is 15.9. The predicted octanol–water partition coefficient (Wildman–Crippen LogP) is 4.65. The number of ether oxygens (including phenoxy) is 1. The number of amides is 1. The van der Waals surface area contributed by atoms with Crippen LogP contribution < -0.4 is 10.9 Å². The second kappa shape index (κ2) is 11.7. The van der Waals surface area contributed by atoms with Gasteiger partial charge in [-0.3, -0.25) is 14.2 Å². The molecule has 0 aliphatic heterocycles. The van der Waals surface area contributed by atoms with Crippen LogP contribution in [0.5, 0.6) is 0 Å². The van der Waals surface area contributed by atoms with Crippen molar-refractivity contribution in [2.45, 2.75) is 45.3 Å². The van der Waals surface area contributed by atoms with Crippen LogP contribution in [0.2, 0.25) is 5.02 Å². The molecular formula is C23H26ClN3O4S2. The van der Waals surface area contributed by atoms with E-state index in [1.54, 1.807) is 19.9 Å². The first kappa shape index (κ1) is 25.3. The van der Waals surface area contributed by atoms with E-state index in [-0.39, 0.29) is 30.4 Å². The fourth-order valence-electron chi connectivity index (χ4n) is 3.22. The Morgan fingerprint density at radius 2 is 2.03 bits per heavy atom. The summed E-state index contributed by atoms with van der Waals surface area (Å²) in [7, 11) is 0.